The van der Waals surface area contributed by atoms with E-state index >= 15 is 0 Å². The number of rotatable bonds is 5. The van der Waals surface area contributed by atoms with Gasteiger partial charge in [0.15, 0.2) is 0 Å². The van der Waals surface area contributed by atoms with Crippen LogP contribution in [0.15, 0.2) is 6.07 Å². The molecule has 0 aromatic carbocycles. The molecular formula is C9H14N2O4. The first-order chi connectivity index (χ1) is 7.24. The molecule has 0 bridgehead atoms. The Labute approximate surface area is 88.1 Å². The normalized spacial score (nSPS) is 10.5. The fourth-order valence-corrected chi connectivity index (χ4v) is 1.08. The lowest BCUT2D eigenvalue weighted by Crippen LogP contribution is -2.08. The Morgan fingerprint density at radius 2 is 1.67 bits per heavy atom. The molecule has 1 heterocycles. The van der Waals surface area contributed by atoms with Crippen molar-refractivity contribution in [3.05, 3.63) is 11.8 Å². The molecular weight excluding hydrogens is 200 g/mol. The lowest BCUT2D eigenvalue weighted by Gasteiger charge is -2.13. The molecule has 0 aliphatic carbocycles. The van der Waals surface area contributed by atoms with Crippen molar-refractivity contribution in [2.75, 3.05) is 28.4 Å². The first kappa shape index (κ1) is 11.7. The van der Waals surface area contributed by atoms with Gasteiger partial charge in [0.05, 0.1) is 14.2 Å². The van der Waals surface area contributed by atoms with Gasteiger partial charge in [-0.05, 0) is 0 Å². The van der Waals surface area contributed by atoms with Gasteiger partial charge in [-0.15, -0.1) is 0 Å². The van der Waals surface area contributed by atoms with Gasteiger partial charge < -0.3 is 18.9 Å². The smallest absolute Gasteiger partial charge is 0.319 e. The first-order valence-corrected chi connectivity index (χ1v) is 4.27. The molecule has 6 heteroatoms. The molecule has 0 spiro atoms. The highest BCUT2D eigenvalue weighted by Crippen LogP contribution is 2.21. The third-order valence-corrected chi connectivity index (χ3v) is 1.76. The molecule has 0 aliphatic heterocycles. The first-order valence-electron chi connectivity index (χ1n) is 4.27. The molecule has 1 aromatic rings. The highest BCUT2D eigenvalue weighted by Gasteiger charge is 2.14. The predicted molar refractivity (Wildman–Crippen MR) is 51.9 cm³/mol. The quantitative estimate of drug-likeness (QED) is 0.675. The van der Waals surface area contributed by atoms with E-state index in [1.165, 1.54) is 28.4 Å². The van der Waals surface area contributed by atoms with Crippen LogP contribution in [0.5, 0.6) is 11.9 Å². The molecule has 0 atom stereocenters. The summed E-state index contributed by atoms with van der Waals surface area (Å²) < 4.78 is 20.0. The van der Waals surface area contributed by atoms with E-state index in [0.717, 1.165) is 0 Å². The summed E-state index contributed by atoms with van der Waals surface area (Å²) in [6.45, 7) is 0. The predicted octanol–water partition coefficient (Wildman–Crippen LogP) is 0.785. The van der Waals surface area contributed by atoms with Gasteiger partial charge in [-0.1, -0.05) is 0 Å². The van der Waals surface area contributed by atoms with Crippen LogP contribution in [0.4, 0.5) is 0 Å². The molecule has 0 saturated carbocycles. The zero-order valence-electron chi connectivity index (χ0n) is 9.18. The van der Waals surface area contributed by atoms with Crippen molar-refractivity contribution in [2.24, 2.45) is 0 Å². The molecule has 0 amide bonds. The molecule has 0 radical (unpaired) electrons. The van der Waals surface area contributed by atoms with Gasteiger partial charge in [0.25, 0.3) is 0 Å². The summed E-state index contributed by atoms with van der Waals surface area (Å²) in [5, 5.41) is 0. The molecule has 0 N–H and O–H groups in total. The molecule has 1 aromatic heterocycles. The van der Waals surface area contributed by atoms with Crippen LogP contribution in [-0.2, 0) is 9.47 Å². The Balaban J connectivity index is 3.05. The van der Waals surface area contributed by atoms with Gasteiger partial charge in [-0.2, -0.15) is 9.97 Å². The number of hydrogen-bond donors (Lipinski definition) is 0. The standard InChI is InChI=1S/C9H14N2O4/c1-12-7-5-6(8(13-2)14-3)10-9(11-7)15-4/h5,8H,1-4H3. The monoisotopic (exact) mass is 214 g/mol. The lowest BCUT2D eigenvalue weighted by molar-refractivity contribution is -0.109. The Bertz CT molecular complexity index is 293. The van der Waals surface area contributed by atoms with Crippen LogP contribution in [0.3, 0.4) is 0 Å². The maximum absolute atomic E-state index is 5.06. The Kier molecular flexibility index (Phi) is 4.26. The van der Waals surface area contributed by atoms with E-state index in [9.17, 15) is 0 Å². The van der Waals surface area contributed by atoms with E-state index in [1.54, 1.807) is 6.07 Å². The van der Waals surface area contributed by atoms with E-state index < -0.39 is 6.29 Å². The topological polar surface area (TPSA) is 62.7 Å². The second-order valence-electron chi connectivity index (χ2n) is 2.63. The van der Waals surface area contributed by atoms with E-state index in [-0.39, 0.29) is 6.01 Å². The van der Waals surface area contributed by atoms with Gasteiger partial charge in [0.1, 0.15) is 5.69 Å². The van der Waals surface area contributed by atoms with Crippen molar-refractivity contribution in [2.45, 2.75) is 6.29 Å². The van der Waals surface area contributed by atoms with Crippen molar-refractivity contribution < 1.29 is 18.9 Å². The summed E-state index contributed by atoms with van der Waals surface area (Å²) in [6, 6.07) is 1.84. The molecule has 6 nitrogen and oxygen atoms in total. The molecule has 1 rings (SSSR count). The van der Waals surface area contributed by atoms with Gasteiger partial charge in [-0.25, -0.2) is 0 Å². The number of methoxy groups -OCH3 is 4. The molecule has 0 saturated heterocycles. The summed E-state index contributed by atoms with van der Waals surface area (Å²) in [5.74, 6) is 0.399. The Morgan fingerprint density at radius 3 is 2.13 bits per heavy atom. The second kappa shape index (κ2) is 5.47. The number of hydrogen-bond acceptors (Lipinski definition) is 6. The summed E-state index contributed by atoms with van der Waals surface area (Å²) in [6.07, 6.45) is -0.559. The number of ether oxygens (including phenoxy) is 4. The molecule has 0 fully saturated rings. The zero-order chi connectivity index (χ0) is 11.3. The molecule has 15 heavy (non-hydrogen) atoms. The van der Waals surface area contributed by atoms with E-state index in [1.807, 2.05) is 0 Å². The summed E-state index contributed by atoms with van der Waals surface area (Å²) in [7, 11) is 6.04. The highest BCUT2D eigenvalue weighted by atomic mass is 16.7. The van der Waals surface area contributed by atoms with Crippen molar-refractivity contribution in [1.82, 2.24) is 9.97 Å². The van der Waals surface area contributed by atoms with Gasteiger partial charge >= 0.3 is 6.01 Å². The average molecular weight is 214 g/mol. The maximum Gasteiger partial charge on any atom is 0.319 e. The average Bonchev–Trinajstić information content (AvgIpc) is 2.30. The minimum Gasteiger partial charge on any atom is -0.481 e. The minimum absolute atomic E-state index is 0.212. The minimum atomic E-state index is -0.559. The molecule has 0 unspecified atom stereocenters. The Morgan fingerprint density at radius 1 is 1.00 bits per heavy atom. The Hall–Kier alpha value is -1.40. The van der Waals surface area contributed by atoms with Crippen LogP contribution < -0.4 is 9.47 Å². The van der Waals surface area contributed by atoms with Crippen molar-refractivity contribution in [1.29, 1.82) is 0 Å². The van der Waals surface area contributed by atoms with Gasteiger partial charge in [-0.3, -0.25) is 0 Å². The second-order valence-corrected chi connectivity index (χ2v) is 2.63. The SMILES string of the molecule is COc1cc(C(OC)OC)nc(OC)n1. The third-order valence-electron chi connectivity index (χ3n) is 1.76. The van der Waals surface area contributed by atoms with Crippen LogP contribution in [-0.4, -0.2) is 38.4 Å². The van der Waals surface area contributed by atoms with Crippen LogP contribution in [0.1, 0.15) is 12.0 Å². The zero-order valence-corrected chi connectivity index (χ0v) is 9.18. The summed E-state index contributed by atoms with van der Waals surface area (Å²) >= 11 is 0. The number of aromatic nitrogens is 2. The number of nitrogens with zero attached hydrogens (tertiary/aromatic N) is 2. The lowest BCUT2D eigenvalue weighted by atomic mass is 10.4. The largest absolute Gasteiger partial charge is 0.481 e. The third kappa shape index (κ3) is 2.77. The summed E-state index contributed by atoms with van der Waals surface area (Å²) in [4.78, 5) is 8.03. The fraction of sp³-hybridized carbons (Fsp3) is 0.556. The summed E-state index contributed by atoms with van der Waals surface area (Å²) in [5.41, 5.74) is 0.545. The maximum atomic E-state index is 5.06. The van der Waals surface area contributed by atoms with Crippen LogP contribution >= 0.6 is 0 Å². The molecule has 84 valence electrons. The van der Waals surface area contributed by atoms with Crippen molar-refractivity contribution in [3.8, 4) is 11.9 Å². The van der Waals surface area contributed by atoms with E-state index in [0.29, 0.717) is 11.6 Å². The van der Waals surface area contributed by atoms with Crippen LogP contribution in [0, 0.1) is 0 Å². The van der Waals surface area contributed by atoms with Crippen molar-refractivity contribution >= 4 is 0 Å². The fourth-order valence-electron chi connectivity index (χ4n) is 1.08. The van der Waals surface area contributed by atoms with E-state index in [2.05, 4.69) is 9.97 Å². The van der Waals surface area contributed by atoms with Gasteiger partial charge in [0, 0.05) is 20.3 Å². The van der Waals surface area contributed by atoms with Crippen molar-refractivity contribution in [3.63, 3.8) is 0 Å². The van der Waals surface area contributed by atoms with Gasteiger partial charge in [0.2, 0.25) is 12.2 Å². The van der Waals surface area contributed by atoms with Crippen LogP contribution in [0.25, 0.3) is 0 Å². The van der Waals surface area contributed by atoms with Crippen LogP contribution in [0.2, 0.25) is 0 Å². The highest BCUT2D eigenvalue weighted by molar-refractivity contribution is 5.19. The van der Waals surface area contributed by atoms with E-state index in [4.69, 9.17) is 18.9 Å². The molecule has 0 aliphatic rings.